The molecule has 0 aromatic carbocycles. The monoisotopic (exact) mass is 265 g/mol. The summed E-state index contributed by atoms with van der Waals surface area (Å²) < 4.78 is 1.78. The molecule has 2 atom stereocenters. The second-order valence-electron chi connectivity index (χ2n) is 5.19. The molecule has 1 aliphatic heterocycles. The van der Waals surface area contributed by atoms with Crippen LogP contribution in [-0.2, 0) is 6.54 Å². The SMILES string of the molecule is CCn1cc(NC(=O)NN2[C@H](C)CCC[C@@H]2C)cn1. The van der Waals surface area contributed by atoms with Crippen molar-refractivity contribution in [2.45, 2.75) is 58.7 Å². The van der Waals surface area contributed by atoms with E-state index in [9.17, 15) is 4.79 Å². The van der Waals surface area contributed by atoms with Gasteiger partial charge in [0.15, 0.2) is 0 Å². The first-order valence-corrected chi connectivity index (χ1v) is 6.98. The topological polar surface area (TPSA) is 62.2 Å². The number of carbonyl (C=O) groups is 1. The predicted molar refractivity (Wildman–Crippen MR) is 74.7 cm³/mol. The average molecular weight is 265 g/mol. The molecule has 6 nitrogen and oxygen atoms in total. The summed E-state index contributed by atoms with van der Waals surface area (Å²) in [5.41, 5.74) is 3.66. The second-order valence-corrected chi connectivity index (χ2v) is 5.19. The van der Waals surface area contributed by atoms with Gasteiger partial charge in [0.25, 0.3) is 0 Å². The van der Waals surface area contributed by atoms with E-state index in [0.29, 0.717) is 12.1 Å². The van der Waals surface area contributed by atoms with Gasteiger partial charge in [-0.1, -0.05) is 6.42 Å². The van der Waals surface area contributed by atoms with Crippen molar-refractivity contribution in [3.05, 3.63) is 12.4 Å². The van der Waals surface area contributed by atoms with Crippen LogP contribution < -0.4 is 10.7 Å². The van der Waals surface area contributed by atoms with Crippen LogP contribution in [0.25, 0.3) is 0 Å². The number of hydrogen-bond donors (Lipinski definition) is 2. The minimum atomic E-state index is -0.198. The van der Waals surface area contributed by atoms with Gasteiger partial charge in [0.2, 0.25) is 0 Å². The molecule has 2 amide bonds. The third-order valence-electron chi connectivity index (χ3n) is 3.64. The van der Waals surface area contributed by atoms with Gasteiger partial charge in [0.1, 0.15) is 0 Å². The number of carbonyl (C=O) groups excluding carboxylic acids is 1. The molecule has 106 valence electrons. The molecule has 19 heavy (non-hydrogen) atoms. The van der Waals surface area contributed by atoms with Crippen molar-refractivity contribution in [3.8, 4) is 0 Å². The van der Waals surface area contributed by atoms with Crippen molar-refractivity contribution in [1.82, 2.24) is 20.2 Å². The Balaban J connectivity index is 1.89. The van der Waals surface area contributed by atoms with Gasteiger partial charge in [0.05, 0.1) is 11.9 Å². The Hall–Kier alpha value is -1.56. The number of rotatable bonds is 3. The zero-order chi connectivity index (χ0) is 13.8. The van der Waals surface area contributed by atoms with E-state index < -0.39 is 0 Å². The number of anilines is 1. The van der Waals surface area contributed by atoms with E-state index in [1.165, 1.54) is 6.42 Å². The van der Waals surface area contributed by atoms with E-state index in [4.69, 9.17) is 0 Å². The van der Waals surface area contributed by atoms with Crippen molar-refractivity contribution < 1.29 is 4.79 Å². The van der Waals surface area contributed by atoms with E-state index in [0.717, 1.165) is 25.1 Å². The van der Waals surface area contributed by atoms with Gasteiger partial charge >= 0.3 is 6.03 Å². The zero-order valence-electron chi connectivity index (χ0n) is 11.9. The summed E-state index contributed by atoms with van der Waals surface area (Å²) in [6.07, 6.45) is 6.96. The third kappa shape index (κ3) is 3.47. The quantitative estimate of drug-likeness (QED) is 0.880. The van der Waals surface area contributed by atoms with Crippen LogP contribution in [-0.4, -0.2) is 32.9 Å². The van der Waals surface area contributed by atoms with Crippen LogP contribution in [0, 0.1) is 0 Å². The number of nitrogens with one attached hydrogen (secondary N) is 2. The van der Waals surface area contributed by atoms with Crippen LogP contribution >= 0.6 is 0 Å². The number of urea groups is 1. The normalized spacial score (nSPS) is 24.2. The summed E-state index contributed by atoms with van der Waals surface area (Å²) in [6, 6.07) is 0.567. The Kier molecular flexibility index (Phi) is 4.42. The molecule has 2 rings (SSSR count). The lowest BCUT2D eigenvalue weighted by Gasteiger charge is -2.38. The average Bonchev–Trinajstić information content (AvgIpc) is 2.81. The lowest BCUT2D eigenvalue weighted by atomic mass is 10.00. The molecule has 1 saturated heterocycles. The maximum absolute atomic E-state index is 12.0. The van der Waals surface area contributed by atoms with Crippen LogP contribution in [0.4, 0.5) is 10.5 Å². The summed E-state index contributed by atoms with van der Waals surface area (Å²) >= 11 is 0. The summed E-state index contributed by atoms with van der Waals surface area (Å²) in [4.78, 5) is 12.0. The Bertz CT molecular complexity index is 420. The number of hydrogen-bond acceptors (Lipinski definition) is 3. The predicted octanol–water partition coefficient (Wildman–Crippen LogP) is 2.20. The molecular weight excluding hydrogens is 242 g/mol. The van der Waals surface area contributed by atoms with Gasteiger partial charge in [-0.15, -0.1) is 0 Å². The number of hydrazine groups is 1. The first-order valence-electron chi connectivity index (χ1n) is 6.98. The van der Waals surface area contributed by atoms with Crippen molar-refractivity contribution in [1.29, 1.82) is 0 Å². The standard InChI is InChI=1S/C13H23N5O/c1-4-17-9-12(8-14-17)15-13(19)16-18-10(2)6-5-7-11(18)3/h8-11H,4-7H2,1-3H3,(H2,15,16,19)/t10-,11+. The second kappa shape index (κ2) is 6.06. The minimum Gasteiger partial charge on any atom is -0.304 e. The fraction of sp³-hybridized carbons (Fsp3) is 0.692. The van der Waals surface area contributed by atoms with Gasteiger partial charge < -0.3 is 5.32 Å². The highest BCUT2D eigenvalue weighted by Crippen LogP contribution is 2.20. The molecule has 0 bridgehead atoms. The fourth-order valence-electron chi connectivity index (χ4n) is 2.52. The lowest BCUT2D eigenvalue weighted by molar-refractivity contribution is 0.0625. The van der Waals surface area contributed by atoms with Gasteiger partial charge in [-0.2, -0.15) is 5.10 Å². The summed E-state index contributed by atoms with van der Waals surface area (Å²) in [7, 11) is 0. The molecule has 6 heteroatoms. The van der Waals surface area contributed by atoms with E-state index >= 15 is 0 Å². The van der Waals surface area contributed by atoms with Crippen LogP contribution in [0.5, 0.6) is 0 Å². The van der Waals surface area contributed by atoms with Crippen molar-refractivity contribution >= 4 is 11.7 Å². The molecule has 1 aliphatic rings. The number of amides is 2. The molecule has 0 unspecified atom stereocenters. The molecule has 1 aromatic rings. The van der Waals surface area contributed by atoms with Crippen molar-refractivity contribution in [3.63, 3.8) is 0 Å². The van der Waals surface area contributed by atoms with Crippen LogP contribution in [0.1, 0.15) is 40.0 Å². The molecule has 2 heterocycles. The van der Waals surface area contributed by atoms with Crippen LogP contribution in [0.2, 0.25) is 0 Å². The first-order chi connectivity index (χ1) is 9.10. The molecule has 0 saturated carbocycles. The molecule has 0 radical (unpaired) electrons. The maximum atomic E-state index is 12.0. The Labute approximate surface area is 114 Å². The fourth-order valence-corrected chi connectivity index (χ4v) is 2.52. The highest BCUT2D eigenvalue weighted by molar-refractivity contribution is 5.88. The van der Waals surface area contributed by atoms with Gasteiger partial charge in [-0.05, 0) is 33.6 Å². The molecule has 1 aromatic heterocycles. The first kappa shape index (κ1) is 13.9. The van der Waals surface area contributed by atoms with E-state index in [1.54, 1.807) is 10.9 Å². The number of aryl methyl sites for hydroxylation is 1. The van der Waals surface area contributed by atoms with Crippen LogP contribution in [0.15, 0.2) is 12.4 Å². The van der Waals surface area contributed by atoms with E-state index in [2.05, 4.69) is 29.7 Å². The maximum Gasteiger partial charge on any atom is 0.333 e. The van der Waals surface area contributed by atoms with E-state index in [-0.39, 0.29) is 6.03 Å². The summed E-state index contributed by atoms with van der Waals surface area (Å²) in [6.45, 7) is 7.09. The third-order valence-corrected chi connectivity index (χ3v) is 3.64. The van der Waals surface area contributed by atoms with Gasteiger partial charge in [-0.25, -0.2) is 9.80 Å². The summed E-state index contributed by atoms with van der Waals surface area (Å²) in [5, 5.41) is 8.98. The largest absolute Gasteiger partial charge is 0.333 e. The Morgan fingerprint density at radius 2 is 2.11 bits per heavy atom. The molecule has 0 spiro atoms. The Morgan fingerprint density at radius 3 is 2.68 bits per heavy atom. The molecular formula is C13H23N5O. The van der Waals surface area contributed by atoms with Crippen molar-refractivity contribution in [2.75, 3.05) is 5.32 Å². The molecule has 2 N–H and O–H groups in total. The Morgan fingerprint density at radius 1 is 1.42 bits per heavy atom. The van der Waals surface area contributed by atoms with Gasteiger partial charge in [0, 0.05) is 24.8 Å². The highest BCUT2D eigenvalue weighted by atomic mass is 16.2. The van der Waals surface area contributed by atoms with E-state index in [1.807, 2.05) is 18.1 Å². The van der Waals surface area contributed by atoms with Gasteiger partial charge in [-0.3, -0.25) is 10.1 Å². The van der Waals surface area contributed by atoms with Crippen molar-refractivity contribution in [2.24, 2.45) is 0 Å². The highest BCUT2D eigenvalue weighted by Gasteiger charge is 2.26. The minimum absolute atomic E-state index is 0.198. The molecule has 1 fully saturated rings. The zero-order valence-corrected chi connectivity index (χ0v) is 11.9. The molecule has 0 aliphatic carbocycles. The lowest BCUT2D eigenvalue weighted by Crippen LogP contribution is -2.55. The number of piperidine rings is 1. The number of nitrogens with zero attached hydrogens (tertiary/aromatic N) is 3. The van der Waals surface area contributed by atoms with Crippen LogP contribution in [0.3, 0.4) is 0 Å². The number of aromatic nitrogens is 2. The summed E-state index contributed by atoms with van der Waals surface area (Å²) in [5.74, 6) is 0. The smallest absolute Gasteiger partial charge is 0.304 e.